The second-order valence-corrected chi connectivity index (χ2v) is 3.36. The zero-order chi connectivity index (χ0) is 11.3. The van der Waals surface area contributed by atoms with Crippen LogP contribution in [-0.4, -0.2) is 12.8 Å². The number of carbonyl (C=O) groups excluding carboxylic acids is 1. The van der Waals surface area contributed by atoms with Crippen molar-refractivity contribution in [3.05, 3.63) is 41.7 Å². The lowest BCUT2D eigenvalue weighted by molar-refractivity contribution is 0.101. The molecule has 0 saturated carbocycles. The fourth-order valence-corrected chi connectivity index (χ4v) is 1.06. The van der Waals surface area contributed by atoms with Crippen LogP contribution in [0.15, 0.2) is 36.2 Å². The van der Waals surface area contributed by atoms with E-state index in [9.17, 15) is 4.79 Å². The minimum absolute atomic E-state index is 0.0866. The third-order valence-electron chi connectivity index (χ3n) is 2.14. The van der Waals surface area contributed by atoms with Crippen molar-refractivity contribution in [2.24, 2.45) is 0 Å². The first-order chi connectivity index (χ1) is 7.13. The molecule has 0 unspecified atom stereocenters. The highest BCUT2D eigenvalue weighted by Gasteiger charge is 1.97. The van der Waals surface area contributed by atoms with E-state index < -0.39 is 0 Å². The number of anilines is 1. The molecular formula is C12H16N2O. The molecule has 0 aliphatic heterocycles. The fraction of sp³-hybridized carbons (Fsp3) is 0.250. The summed E-state index contributed by atoms with van der Waals surface area (Å²) in [6.07, 6.45) is 1.88. The lowest BCUT2D eigenvalue weighted by Crippen LogP contribution is -2.04. The average Bonchev–Trinajstić information content (AvgIpc) is 2.26. The fourth-order valence-electron chi connectivity index (χ4n) is 1.06. The zero-order valence-corrected chi connectivity index (χ0v) is 9.29. The van der Waals surface area contributed by atoms with Crippen LogP contribution in [-0.2, 0) is 0 Å². The summed E-state index contributed by atoms with van der Waals surface area (Å²) in [7, 11) is 1.87. The van der Waals surface area contributed by atoms with Gasteiger partial charge in [-0.3, -0.25) is 4.79 Å². The van der Waals surface area contributed by atoms with Gasteiger partial charge in [0.1, 0.15) is 0 Å². The molecule has 0 heterocycles. The van der Waals surface area contributed by atoms with Crippen LogP contribution >= 0.6 is 0 Å². The van der Waals surface area contributed by atoms with Gasteiger partial charge < -0.3 is 10.6 Å². The highest BCUT2D eigenvalue weighted by atomic mass is 16.1. The SMILES string of the molecule is CN/C(C)=C\Nc1ccc(C(C)=O)cc1. The van der Waals surface area contributed by atoms with E-state index in [4.69, 9.17) is 0 Å². The second kappa shape index (κ2) is 5.20. The minimum atomic E-state index is 0.0866. The number of allylic oxidation sites excluding steroid dienone is 1. The van der Waals surface area contributed by atoms with Gasteiger partial charge in [0.25, 0.3) is 0 Å². The number of benzene rings is 1. The number of rotatable bonds is 4. The lowest BCUT2D eigenvalue weighted by atomic mass is 10.1. The Bertz CT molecular complexity index is 366. The van der Waals surface area contributed by atoms with Gasteiger partial charge in [0.05, 0.1) is 0 Å². The summed E-state index contributed by atoms with van der Waals surface area (Å²) < 4.78 is 0. The molecule has 0 aliphatic carbocycles. The van der Waals surface area contributed by atoms with Crippen molar-refractivity contribution in [2.75, 3.05) is 12.4 Å². The van der Waals surface area contributed by atoms with E-state index in [2.05, 4.69) is 10.6 Å². The van der Waals surface area contributed by atoms with Gasteiger partial charge in [0.2, 0.25) is 0 Å². The highest BCUT2D eigenvalue weighted by Crippen LogP contribution is 2.10. The van der Waals surface area contributed by atoms with Gasteiger partial charge in [0.15, 0.2) is 5.78 Å². The molecular weight excluding hydrogens is 188 g/mol. The lowest BCUT2D eigenvalue weighted by Gasteiger charge is -2.04. The molecule has 0 atom stereocenters. The number of ketones is 1. The van der Waals surface area contributed by atoms with E-state index >= 15 is 0 Å². The summed E-state index contributed by atoms with van der Waals surface area (Å²) in [6.45, 7) is 3.53. The van der Waals surface area contributed by atoms with E-state index in [-0.39, 0.29) is 5.78 Å². The normalized spacial score (nSPS) is 11.0. The van der Waals surface area contributed by atoms with Crippen LogP contribution in [0, 0.1) is 0 Å². The standard InChI is InChI=1S/C12H16N2O/c1-9(13-3)8-14-12-6-4-11(5-7-12)10(2)15/h4-8,13-14H,1-3H3/b9-8-. The van der Waals surface area contributed by atoms with E-state index in [0.717, 1.165) is 16.9 Å². The summed E-state index contributed by atoms with van der Waals surface area (Å²) >= 11 is 0. The summed E-state index contributed by atoms with van der Waals surface area (Å²) in [5, 5.41) is 6.13. The third kappa shape index (κ3) is 3.46. The van der Waals surface area contributed by atoms with Crippen molar-refractivity contribution < 1.29 is 4.79 Å². The summed E-state index contributed by atoms with van der Waals surface area (Å²) in [4.78, 5) is 11.0. The Balaban J connectivity index is 2.69. The van der Waals surface area contributed by atoms with Crippen LogP contribution in [0.2, 0.25) is 0 Å². The molecule has 3 nitrogen and oxygen atoms in total. The molecule has 0 aliphatic rings. The van der Waals surface area contributed by atoms with Crippen LogP contribution in [0.25, 0.3) is 0 Å². The molecule has 0 aromatic heterocycles. The van der Waals surface area contributed by atoms with Gasteiger partial charge in [-0.05, 0) is 38.1 Å². The van der Waals surface area contributed by atoms with E-state index in [1.807, 2.05) is 44.4 Å². The average molecular weight is 204 g/mol. The first-order valence-electron chi connectivity index (χ1n) is 4.85. The first kappa shape index (κ1) is 11.3. The molecule has 1 aromatic rings. The smallest absolute Gasteiger partial charge is 0.159 e. The Morgan fingerprint density at radius 3 is 2.27 bits per heavy atom. The summed E-state index contributed by atoms with van der Waals surface area (Å²) in [5.41, 5.74) is 2.75. The Kier molecular flexibility index (Phi) is 3.92. The number of hydrogen-bond acceptors (Lipinski definition) is 3. The highest BCUT2D eigenvalue weighted by molar-refractivity contribution is 5.94. The van der Waals surface area contributed by atoms with E-state index in [1.165, 1.54) is 0 Å². The quantitative estimate of drug-likeness (QED) is 0.740. The predicted octanol–water partition coefficient (Wildman–Crippen LogP) is 2.38. The van der Waals surface area contributed by atoms with E-state index in [1.54, 1.807) is 6.92 Å². The molecule has 0 saturated heterocycles. The van der Waals surface area contributed by atoms with Gasteiger partial charge in [0, 0.05) is 30.2 Å². The first-order valence-corrected chi connectivity index (χ1v) is 4.85. The van der Waals surface area contributed by atoms with Gasteiger partial charge in [-0.2, -0.15) is 0 Å². The van der Waals surface area contributed by atoms with E-state index in [0.29, 0.717) is 0 Å². The van der Waals surface area contributed by atoms with Crippen molar-refractivity contribution in [1.82, 2.24) is 5.32 Å². The molecule has 0 amide bonds. The van der Waals surface area contributed by atoms with Crippen molar-refractivity contribution >= 4 is 11.5 Å². The monoisotopic (exact) mass is 204 g/mol. The summed E-state index contributed by atoms with van der Waals surface area (Å²) in [6, 6.07) is 7.40. The molecule has 1 aromatic carbocycles. The maximum atomic E-state index is 11.0. The number of hydrogen-bond donors (Lipinski definition) is 2. The van der Waals surface area contributed by atoms with Gasteiger partial charge in [-0.1, -0.05) is 0 Å². The summed E-state index contributed by atoms with van der Waals surface area (Å²) in [5.74, 6) is 0.0866. The molecule has 1 rings (SSSR count). The van der Waals surface area contributed by atoms with Crippen molar-refractivity contribution in [3.63, 3.8) is 0 Å². The van der Waals surface area contributed by atoms with Gasteiger partial charge >= 0.3 is 0 Å². The third-order valence-corrected chi connectivity index (χ3v) is 2.14. The maximum Gasteiger partial charge on any atom is 0.159 e. The van der Waals surface area contributed by atoms with Crippen LogP contribution in [0.1, 0.15) is 24.2 Å². The molecule has 3 heteroatoms. The Morgan fingerprint density at radius 1 is 1.20 bits per heavy atom. The van der Waals surface area contributed by atoms with Crippen molar-refractivity contribution in [1.29, 1.82) is 0 Å². The zero-order valence-electron chi connectivity index (χ0n) is 9.29. The molecule has 0 fully saturated rings. The van der Waals surface area contributed by atoms with Crippen LogP contribution in [0.4, 0.5) is 5.69 Å². The number of Topliss-reactive ketones (excluding diaryl/α,β-unsaturated/α-hetero) is 1. The van der Waals surface area contributed by atoms with Crippen molar-refractivity contribution in [2.45, 2.75) is 13.8 Å². The largest absolute Gasteiger partial charge is 0.390 e. The molecule has 0 bridgehead atoms. The van der Waals surface area contributed by atoms with Crippen LogP contribution in [0.5, 0.6) is 0 Å². The number of nitrogens with one attached hydrogen (secondary N) is 2. The maximum absolute atomic E-state index is 11.0. The van der Waals surface area contributed by atoms with Gasteiger partial charge in [-0.15, -0.1) is 0 Å². The van der Waals surface area contributed by atoms with Crippen LogP contribution < -0.4 is 10.6 Å². The minimum Gasteiger partial charge on any atom is -0.390 e. The molecule has 80 valence electrons. The van der Waals surface area contributed by atoms with Gasteiger partial charge in [-0.25, -0.2) is 0 Å². The Labute approximate surface area is 90.2 Å². The molecule has 0 radical (unpaired) electrons. The Hall–Kier alpha value is -1.77. The second-order valence-electron chi connectivity index (χ2n) is 3.36. The predicted molar refractivity (Wildman–Crippen MR) is 62.9 cm³/mol. The van der Waals surface area contributed by atoms with Crippen LogP contribution in [0.3, 0.4) is 0 Å². The van der Waals surface area contributed by atoms with Crippen molar-refractivity contribution in [3.8, 4) is 0 Å². The number of carbonyl (C=O) groups is 1. The topological polar surface area (TPSA) is 41.1 Å². The molecule has 15 heavy (non-hydrogen) atoms. The molecule has 0 spiro atoms. The Morgan fingerprint density at radius 2 is 1.80 bits per heavy atom. The molecule has 2 N–H and O–H groups in total.